The third kappa shape index (κ3) is 3.51. The van der Waals surface area contributed by atoms with Crippen LogP contribution < -0.4 is 10.2 Å². The molecule has 0 atom stereocenters. The highest BCUT2D eigenvalue weighted by Gasteiger charge is 2.16. The molecule has 0 aliphatic heterocycles. The Balaban J connectivity index is 2.11. The van der Waals surface area contributed by atoms with Crippen molar-refractivity contribution in [1.29, 1.82) is 0 Å². The van der Waals surface area contributed by atoms with Gasteiger partial charge in [0, 0.05) is 13.1 Å². The molecule has 0 saturated carbocycles. The van der Waals surface area contributed by atoms with Crippen molar-refractivity contribution in [1.82, 2.24) is 10.3 Å². The Morgan fingerprint density at radius 2 is 2.05 bits per heavy atom. The summed E-state index contributed by atoms with van der Waals surface area (Å²) in [7, 11) is 1.29. The van der Waals surface area contributed by atoms with Crippen molar-refractivity contribution in [2.45, 2.75) is 13.8 Å². The molecule has 114 valence electrons. The van der Waals surface area contributed by atoms with Gasteiger partial charge < -0.3 is 15.0 Å². The Kier molecular flexibility index (Phi) is 5.13. The Morgan fingerprint density at radius 3 is 2.62 bits per heavy atom. The summed E-state index contributed by atoms with van der Waals surface area (Å²) in [6.45, 7) is 5.86. The number of amides is 1. The van der Waals surface area contributed by atoms with Crippen LogP contribution in [0.2, 0.25) is 0 Å². The number of nitrogens with zero attached hydrogens (tertiary/aromatic N) is 2. The summed E-state index contributed by atoms with van der Waals surface area (Å²) in [6, 6.07) is 1.82. The SMILES string of the molecule is CCN(CC)c1nc2sc(C(=O)NCC(=O)OC)cc2s1. The first-order valence-corrected chi connectivity index (χ1v) is 8.22. The summed E-state index contributed by atoms with van der Waals surface area (Å²) in [4.78, 5) is 31.1. The van der Waals surface area contributed by atoms with E-state index in [4.69, 9.17) is 0 Å². The maximum absolute atomic E-state index is 11.9. The third-order valence-corrected chi connectivity index (χ3v) is 5.18. The van der Waals surface area contributed by atoms with Crippen LogP contribution in [-0.2, 0) is 9.53 Å². The molecule has 1 N–H and O–H groups in total. The van der Waals surface area contributed by atoms with Crippen molar-refractivity contribution in [3.8, 4) is 0 Å². The van der Waals surface area contributed by atoms with Gasteiger partial charge in [-0.2, -0.15) is 0 Å². The zero-order chi connectivity index (χ0) is 15.4. The molecule has 0 bridgehead atoms. The number of carbonyl (C=O) groups is 2. The number of hydrogen-bond donors (Lipinski definition) is 1. The molecule has 0 unspecified atom stereocenters. The van der Waals surface area contributed by atoms with Crippen molar-refractivity contribution < 1.29 is 14.3 Å². The average Bonchev–Trinajstić information content (AvgIpc) is 3.04. The second-order valence-electron chi connectivity index (χ2n) is 4.21. The first-order valence-electron chi connectivity index (χ1n) is 6.59. The van der Waals surface area contributed by atoms with Crippen LogP contribution in [0, 0.1) is 0 Å². The van der Waals surface area contributed by atoms with Gasteiger partial charge in [0.25, 0.3) is 5.91 Å². The Labute approximate surface area is 130 Å². The summed E-state index contributed by atoms with van der Waals surface area (Å²) >= 11 is 2.91. The monoisotopic (exact) mass is 327 g/mol. The molecule has 0 saturated heterocycles. The summed E-state index contributed by atoms with van der Waals surface area (Å²) in [5.41, 5.74) is 0. The van der Waals surface area contributed by atoms with Gasteiger partial charge in [-0.1, -0.05) is 11.3 Å². The van der Waals surface area contributed by atoms with Crippen LogP contribution in [0.4, 0.5) is 5.13 Å². The molecular formula is C13H17N3O3S2. The summed E-state index contributed by atoms with van der Waals surface area (Å²) in [5.74, 6) is -0.747. The molecule has 21 heavy (non-hydrogen) atoms. The molecule has 0 aromatic carbocycles. The van der Waals surface area contributed by atoms with Crippen molar-refractivity contribution in [2.24, 2.45) is 0 Å². The molecule has 6 nitrogen and oxygen atoms in total. The molecule has 8 heteroatoms. The van der Waals surface area contributed by atoms with E-state index in [0.717, 1.165) is 27.8 Å². The third-order valence-electron chi connectivity index (χ3n) is 2.96. The number of hydrogen-bond acceptors (Lipinski definition) is 7. The fraction of sp³-hybridized carbons (Fsp3) is 0.462. The maximum Gasteiger partial charge on any atom is 0.325 e. The van der Waals surface area contributed by atoms with Gasteiger partial charge in [0.05, 0.1) is 16.7 Å². The van der Waals surface area contributed by atoms with Gasteiger partial charge in [-0.05, 0) is 19.9 Å². The number of nitrogens with one attached hydrogen (secondary N) is 1. The summed E-state index contributed by atoms with van der Waals surface area (Å²) in [5, 5.41) is 3.50. The second-order valence-corrected chi connectivity index (χ2v) is 6.25. The minimum Gasteiger partial charge on any atom is -0.468 e. The van der Waals surface area contributed by atoms with Gasteiger partial charge >= 0.3 is 5.97 Å². The van der Waals surface area contributed by atoms with E-state index in [1.165, 1.54) is 18.4 Å². The highest BCUT2D eigenvalue weighted by atomic mass is 32.1. The highest BCUT2D eigenvalue weighted by molar-refractivity contribution is 7.29. The van der Waals surface area contributed by atoms with Crippen molar-refractivity contribution >= 4 is 49.2 Å². The van der Waals surface area contributed by atoms with Gasteiger partial charge in [0.1, 0.15) is 11.4 Å². The largest absolute Gasteiger partial charge is 0.468 e. The predicted octanol–water partition coefficient (Wildman–Crippen LogP) is 2.11. The Bertz CT molecular complexity index is 615. The normalized spacial score (nSPS) is 10.6. The number of methoxy groups -OCH3 is 1. The van der Waals surface area contributed by atoms with Crippen molar-refractivity contribution in [2.75, 3.05) is 31.6 Å². The summed E-state index contributed by atoms with van der Waals surface area (Å²) in [6.07, 6.45) is 0. The lowest BCUT2D eigenvalue weighted by Gasteiger charge is -2.16. The standard InChI is InChI=1S/C13H17N3O3S2/c1-4-16(5-2)13-15-12-9(21-13)6-8(20-12)11(18)14-7-10(17)19-3/h6H,4-5,7H2,1-3H3,(H,14,18). The number of thiophene rings is 1. The van der Waals surface area contributed by atoms with Crippen LogP contribution in [0.25, 0.3) is 9.53 Å². The van der Waals surface area contributed by atoms with E-state index in [-0.39, 0.29) is 12.5 Å². The van der Waals surface area contributed by atoms with E-state index < -0.39 is 5.97 Å². The smallest absolute Gasteiger partial charge is 0.325 e. The first kappa shape index (κ1) is 15.7. The van der Waals surface area contributed by atoms with E-state index in [1.807, 2.05) is 6.07 Å². The van der Waals surface area contributed by atoms with Crippen LogP contribution in [-0.4, -0.2) is 43.6 Å². The molecule has 2 aromatic heterocycles. The molecule has 1 amide bonds. The fourth-order valence-electron chi connectivity index (χ4n) is 1.78. The highest BCUT2D eigenvalue weighted by Crippen LogP contribution is 2.34. The minimum atomic E-state index is -0.469. The molecule has 0 aliphatic rings. The zero-order valence-corrected chi connectivity index (χ0v) is 13.8. The topological polar surface area (TPSA) is 71.5 Å². The number of fused-ring (bicyclic) bond motifs is 1. The quantitative estimate of drug-likeness (QED) is 0.823. The van der Waals surface area contributed by atoms with Crippen LogP contribution >= 0.6 is 22.7 Å². The molecular weight excluding hydrogens is 310 g/mol. The number of aromatic nitrogens is 1. The minimum absolute atomic E-state index is 0.126. The van der Waals surface area contributed by atoms with Crippen LogP contribution in [0.5, 0.6) is 0 Å². The number of esters is 1. The summed E-state index contributed by atoms with van der Waals surface area (Å²) < 4.78 is 5.47. The van der Waals surface area contributed by atoms with E-state index in [9.17, 15) is 9.59 Å². The van der Waals surface area contributed by atoms with E-state index in [2.05, 4.69) is 33.8 Å². The first-order chi connectivity index (χ1) is 10.1. The molecule has 2 rings (SSSR count). The number of anilines is 1. The van der Waals surface area contributed by atoms with E-state index >= 15 is 0 Å². The number of rotatable bonds is 6. The second kappa shape index (κ2) is 6.86. The van der Waals surface area contributed by atoms with Crippen molar-refractivity contribution in [3.05, 3.63) is 10.9 Å². The van der Waals surface area contributed by atoms with Gasteiger partial charge in [-0.25, -0.2) is 4.98 Å². The predicted molar refractivity (Wildman–Crippen MR) is 85.4 cm³/mol. The maximum atomic E-state index is 11.9. The van der Waals surface area contributed by atoms with Gasteiger partial charge in [-0.15, -0.1) is 11.3 Å². The lowest BCUT2D eigenvalue weighted by molar-refractivity contribution is -0.139. The molecule has 0 radical (unpaired) electrons. The fourth-order valence-corrected chi connectivity index (χ4v) is 4.03. The number of ether oxygens (including phenoxy) is 1. The van der Waals surface area contributed by atoms with Gasteiger partial charge in [0.15, 0.2) is 5.13 Å². The molecule has 0 fully saturated rings. The molecule has 0 spiro atoms. The Morgan fingerprint density at radius 1 is 1.33 bits per heavy atom. The number of thiazole rings is 1. The average molecular weight is 327 g/mol. The van der Waals surface area contributed by atoms with Crippen LogP contribution in [0.15, 0.2) is 6.07 Å². The van der Waals surface area contributed by atoms with Crippen LogP contribution in [0.3, 0.4) is 0 Å². The molecule has 0 aliphatic carbocycles. The van der Waals surface area contributed by atoms with E-state index in [1.54, 1.807) is 11.3 Å². The van der Waals surface area contributed by atoms with Gasteiger partial charge in [-0.3, -0.25) is 9.59 Å². The van der Waals surface area contributed by atoms with Gasteiger partial charge in [0.2, 0.25) is 0 Å². The number of carbonyl (C=O) groups excluding carboxylic acids is 2. The zero-order valence-electron chi connectivity index (χ0n) is 12.1. The van der Waals surface area contributed by atoms with E-state index in [0.29, 0.717) is 4.88 Å². The van der Waals surface area contributed by atoms with Crippen LogP contribution in [0.1, 0.15) is 23.5 Å². The lowest BCUT2D eigenvalue weighted by atomic mass is 10.4. The molecule has 2 aromatic rings. The van der Waals surface area contributed by atoms with Crippen molar-refractivity contribution in [3.63, 3.8) is 0 Å². The Hall–Kier alpha value is -1.67. The lowest BCUT2D eigenvalue weighted by Crippen LogP contribution is -2.29. The molecule has 2 heterocycles.